The van der Waals surface area contributed by atoms with E-state index in [4.69, 9.17) is 16.0 Å². The van der Waals surface area contributed by atoms with Crippen LogP contribution >= 0.6 is 11.6 Å². The lowest BCUT2D eigenvalue weighted by Gasteiger charge is -2.06. The Hall–Kier alpha value is -3.11. The Kier molecular flexibility index (Phi) is 4.42. The summed E-state index contributed by atoms with van der Waals surface area (Å²) in [4.78, 5) is 16.6. The molecule has 0 aliphatic rings. The van der Waals surface area contributed by atoms with Crippen molar-refractivity contribution >= 4 is 34.3 Å². The highest BCUT2D eigenvalue weighted by Crippen LogP contribution is 2.27. The standard InChI is InChI=1S/C21H15ClN2O2/c22-16-8-11-19-18(13-16)24-21(26-19)15-6-9-17(10-7-15)23-20(25)12-14-4-2-1-3-5-14/h1-11,13H,12H2,(H,23,25). The number of rotatable bonds is 4. The molecule has 26 heavy (non-hydrogen) atoms. The van der Waals surface area contributed by atoms with Crippen molar-refractivity contribution in [2.24, 2.45) is 0 Å². The van der Waals surface area contributed by atoms with Gasteiger partial charge in [0.15, 0.2) is 5.58 Å². The highest BCUT2D eigenvalue weighted by Gasteiger charge is 2.09. The number of nitrogens with zero attached hydrogens (tertiary/aromatic N) is 1. The molecule has 0 saturated heterocycles. The van der Waals surface area contributed by atoms with Crippen LogP contribution in [-0.2, 0) is 11.2 Å². The molecule has 0 unspecified atom stereocenters. The Morgan fingerprint density at radius 2 is 1.77 bits per heavy atom. The third-order valence-corrected chi connectivity index (χ3v) is 4.21. The van der Waals surface area contributed by atoms with Gasteiger partial charge >= 0.3 is 0 Å². The minimum Gasteiger partial charge on any atom is -0.436 e. The Morgan fingerprint density at radius 1 is 1.00 bits per heavy atom. The summed E-state index contributed by atoms with van der Waals surface area (Å²) in [6, 6.07) is 22.4. The number of halogens is 1. The molecule has 1 amide bonds. The molecule has 1 heterocycles. The molecule has 0 aliphatic carbocycles. The van der Waals surface area contributed by atoms with E-state index in [9.17, 15) is 4.79 Å². The fourth-order valence-corrected chi connectivity index (χ4v) is 2.87. The number of carbonyl (C=O) groups is 1. The van der Waals surface area contributed by atoms with Crippen LogP contribution in [0.4, 0.5) is 5.69 Å². The van der Waals surface area contributed by atoms with Gasteiger partial charge < -0.3 is 9.73 Å². The number of fused-ring (bicyclic) bond motifs is 1. The van der Waals surface area contributed by atoms with Crippen molar-refractivity contribution in [3.8, 4) is 11.5 Å². The first-order chi connectivity index (χ1) is 12.7. The third-order valence-electron chi connectivity index (χ3n) is 3.97. The third kappa shape index (κ3) is 3.60. The predicted molar refractivity (Wildman–Crippen MR) is 103 cm³/mol. The van der Waals surface area contributed by atoms with Crippen molar-refractivity contribution in [2.75, 3.05) is 5.32 Å². The van der Waals surface area contributed by atoms with E-state index in [1.807, 2.05) is 54.6 Å². The van der Waals surface area contributed by atoms with Gasteiger partial charge in [0, 0.05) is 16.3 Å². The zero-order valence-electron chi connectivity index (χ0n) is 13.8. The van der Waals surface area contributed by atoms with Crippen molar-refractivity contribution in [2.45, 2.75) is 6.42 Å². The van der Waals surface area contributed by atoms with Crippen LogP contribution in [0.3, 0.4) is 0 Å². The largest absolute Gasteiger partial charge is 0.436 e. The number of hydrogen-bond donors (Lipinski definition) is 1. The van der Waals surface area contributed by atoms with Gasteiger partial charge in [0.25, 0.3) is 0 Å². The average molecular weight is 363 g/mol. The van der Waals surface area contributed by atoms with Crippen LogP contribution in [0.15, 0.2) is 77.2 Å². The van der Waals surface area contributed by atoms with Gasteiger partial charge in [-0.15, -0.1) is 0 Å². The van der Waals surface area contributed by atoms with Crippen LogP contribution in [0, 0.1) is 0 Å². The quantitative estimate of drug-likeness (QED) is 0.534. The van der Waals surface area contributed by atoms with Crippen LogP contribution < -0.4 is 5.32 Å². The maximum atomic E-state index is 12.1. The molecule has 0 saturated carbocycles. The zero-order chi connectivity index (χ0) is 17.9. The summed E-state index contributed by atoms with van der Waals surface area (Å²) in [5, 5.41) is 3.52. The van der Waals surface area contributed by atoms with E-state index >= 15 is 0 Å². The molecular formula is C21H15ClN2O2. The Bertz CT molecular complexity index is 1060. The number of carbonyl (C=O) groups excluding carboxylic acids is 1. The molecule has 5 heteroatoms. The molecule has 0 aliphatic heterocycles. The molecule has 4 aromatic rings. The molecule has 0 radical (unpaired) electrons. The highest BCUT2D eigenvalue weighted by molar-refractivity contribution is 6.31. The van der Waals surface area contributed by atoms with E-state index in [0.717, 1.165) is 16.8 Å². The van der Waals surface area contributed by atoms with Crippen LogP contribution in [0.25, 0.3) is 22.6 Å². The second-order valence-corrected chi connectivity index (χ2v) is 6.36. The van der Waals surface area contributed by atoms with Crippen molar-refractivity contribution in [1.29, 1.82) is 0 Å². The average Bonchev–Trinajstić information content (AvgIpc) is 3.06. The van der Waals surface area contributed by atoms with Gasteiger partial charge in [-0.25, -0.2) is 4.98 Å². The zero-order valence-corrected chi connectivity index (χ0v) is 14.5. The summed E-state index contributed by atoms with van der Waals surface area (Å²) in [6.45, 7) is 0. The predicted octanol–water partition coefficient (Wildman–Crippen LogP) is 5.33. The van der Waals surface area contributed by atoms with Crippen LogP contribution in [0.2, 0.25) is 5.02 Å². The van der Waals surface area contributed by atoms with Gasteiger partial charge in [-0.2, -0.15) is 0 Å². The highest BCUT2D eigenvalue weighted by atomic mass is 35.5. The molecule has 4 nitrogen and oxygen atoms in total. The molecule has 0 spiro atoms. The summed E-state index contributed by atoms with van der Waals surface area (Å²) in [5.74, 6) is 0.463. The van der Waals surface area contributed by atoms with Crippen LogP contribution in [0.5, 0.6) is 0 Å². The first kappa shape index (κ1) is 16.4. The van der Waals surface area contributed by atoms with Gasteiger partial charge in [0.1, 0.15) is 5.52 Å². The van der Waals surface area contributed by atoms with Gasteiger partial charge in [-0.05, 0) is 48.0 Å². The monoisotopic (exact) mass is 362 g/mol. The summed E-state index contributed by atoms with van der Waals surface area (Å²) in [7, 11) is 0. The number of hydrogen-bond acceptors (Lipinski definition) is 3. The second-order valence-electron chi connectivity index (χ2n) is 5.92. The number of anilines is 1. The molecular weight excluding hydrogens is 348 g/mol. The van der Waals surface area contributed by atoms with Crippen LogP contribution in [0.1, 0.15) is 5.56 Å². The summed E-state index contributed by atoms with van der Waals surface area (Å²) in [6.07, 6.45) is 0.342. The SMILES string of the molecule is O=C(Cc1ccccc1)Nc1ccc(-c2nc3cc(Cl)ccc3o2)cc1. The number of benzene rings is 3. The molecule has 0 fully saturated rings. The van der Waals surface area contributed by atoms with Gasteiger partial charge in [0.05, 0.1) is 6.42 Å². The molecule has 0 atom stereocenters. The van der Waals surface area contributed by atoms with Crippen LogP contribution in [-0.4, -0.2) is 10.9 Å². The first-order valence-corrected chi connectivity index (χ1v) is 8.55. The van der Waals surface area contributed by atoms with Crippen molar-refractivity contribution < 1.29 is 9.21 Å². The fourth-order valence-electron chi connectivity index (χ4n) is 2.71. The number of oxazole rings is 1. The summed E-state index contributed by atoms with van der Waals surface area (Å²) < 4.78 is 5.75. The first-order valence-electron chi connectivity index (χ1n) is 8.18. The van der Waals surface area contributed by atoms with Crippen molar-refractivity contribution in [3.63, 3.8) is 0 Å². The van der Waals surface area contributed by atoms with Crippen molar-refractivity contribution in [1.82, 2.24) is 4.98 Å². The maximum Gasteiger partial charge on any atom is 0.228 e. The molecule has 4 rings (SSSR count). The minimum absolute atomic E-state index is 0.0551. The summed E-state index contributed by atoms with van der Waals surface area (Å²) >= 11 is 5.98. The lowest BCUT2D eigenvalue weighted by atomic mass is 10.1. The minimum atomic E-state index is -0.0551. The van der Waals surface area contributed by atoms with Crippen molar-refractivity contribution in [3.05, 3.63) is 83.4 Å². The lowest BCUT2D eigenvalue weighted by Crippen LogP contribution is -2.14. The molecule has 1 aromatic heterocycles. The lowest BCUT2D eigenvalue weighted by molar-refractivity contribution is -0.115. The smallest absolute Gasteiger partial charge is 0.228 e. The maximum absolute atomic E-state index is 12.1. The second kappa shape index (κ2) is 7.02. The van der Waals surface area contributed by atoms with E-state index in [-0.39, 0.29) is 5.91 Å². The topological polar surface area (TPSA) is 55.1 Å². The molecule has 0 bridgehead atoms. The Balaban J connectivity index is 1.48. The number of aromatic nitrogens is 1. The van der Waals surface area contributed by atoms with E-state index in [1.165, 1.54) is 0 Å². The van der Waals surface area contributed by atoms with Gasteiger partial charge in [0.2, 0.25) is 11.8 Å². The van der Waals surface area contributed by atoms with E-state index in [0.29, 0.717) is 28.4 Å². The number of nitrogens with one attached hydrogen (secondary N) is 1. The Labute approximate surface area is 155 Å². The van der Waals surface area contributed by atoms with E-state index in [1.54, 1.807) is 18.2 Å². The summed E-state index contributed by atoms with van der Waals surface area (Å²) in [5.41, 5.74) is 3.94. The van der Waals surface area contributed by atoms with Gasteiger partial charge in [-0.1, -0.05) is 41.9 Å². The molecule has 128 valence electrons. The Morgan fingerprint density at radius 3 is 2.54 bits per heavy atom. The van der Waals surface area contributed by atoms with E-state index < -0.39 is 0 Å². The fraction of sp³-hybridized carbons (Fsp3) is 0.0476. The van der Waals surface area contributed by atoms with E-state index in [2.05, 4.69) is 10.3 Å². The normalized spacial score (nSPS) is 10.8. The van der Waals surface area contributed by atoms with Gasteiger partial charge in [-0.3, -0.25) is 4.79 Å². The molecule has 1 N–H and O–H groups in total. The molecule has 3 aromatic carbocycles. The number of amides is 1.